The second-order valence-electron chi connectivity index (χ2n) is 5.57. The lowest BCUT2D eigenvalue weighted by Gasteiger charge is -2.23. The monoisotopic (exact) mass is 291 g/mol. The molecule has 20 heavy (non-hydrogen) atoms. The number of hydrogen-bond acceptors (Lipinski definition) is 1. The van der Waals surface area contributed by atoms with Crippen molar-refractivity contribution < 1.29 is 17.6 Å². The van der Waals surface area contributed by atoms with Gasteiger partial charge in [0, 0.05) is 6.04 Å². The molecule has 0 saturated carbocycles. The minimum atomic E-state index is -4.65. The Morgan fingerprint density at radius 3 is 2.20 bits per heavy atom. The Balaban J connectivity index is 2.91. The normalized spacial score (nSPS) is 15.4. The average Bonchev–Trinajstić information content (AvgIpc) is 2.34. The Hall–Kier alpha value is -1.10. The summed E-state index contributed by atoms with van der Waals surface area (Å²) in [5, 5.41) is 3.26. The Morgan fingerprint density at radius 2 is 1.70 bits per heavy atom. The van der Waals surface area contributed by atoms with E-state index in [1.54, 1.807) is 0 Å². The van der Waals surface area contributed by atoms with Gasteiger partial charge in [-0.15, -0.1) is 0 Å². The summed E-state index contributed by atoms with van der Waals surface area (Å²) in [6.45, 7) is 8.56. The Morgan fingerprint density at radius 1 is 1.10 bits per heavy atom. The van der Waals surface area contributed by atoms with Gasteiger partial charge in [-0.05, 0) is 36.1 Å². The van der Waals surface area contributed by atoms with E-state index >= 15 is 0 Å². The molecule has 0 spiro atoms. The van der Waals surface area contributed by atoms with Gasteiger partial charge in [0.05, 0.1) is 5.56 Å². The highest BCUT2D eigenvalue weighted by atomic mass is 19.4. The molecule has 0 aliphatic rings. The van der Waals surface area contributed by atoms with Gasteiger partial charge >= 0.3 is 6.18 Å². The average molecular weight is 291 g/mol. The van der Waals surface area contributed by atoms with Crippen molar-refractivity contribution in [1.29, 1.82) is 0 Å². The van der Waals surface area contributed by atoms with Crippen LogP contribution < -0.4 is 5.32 Å². The SMILES string of the molecule is CC(C)NCC(C)C(C)c1ccc(F)c(C(F)(F)F)c1. The lowest BCUT2D eigenvalue weighted by molar-refractivity contribution is -0.140. The number of hydrogen-bond donors (Lipinski definition) is 1. The van der Waals surface area contributed by atoms with Crippen molar-refractivity contribution in [3.05, 3.63) is 35.1 Å². The summed E-state index contributed by atoms with van der Waals surface area (Å²) in [6, 6.07) is 3.58. The molecule has 1 rings (SSSR count). The molecule has 2 unspecified atom stereocenters. The van der Waals surface area contributed by atoms with E-state index in [9.17, 15) is 17.6 Å². The third kappa shape index (κ3) is 4.47. The fraction of sp³-hybridized carbons (Fsp3) is 0.600. The molecule has 0 aliphatic heterocycles. The van der Waals surface area contributed by atoms with E-state index in [1.807, 2.05) is 27.7 Å². The fourth-order valence-electron chi connectivity index (χ4n) is 1.97. The summed E-state index contributed by atoms with van der Waals surface area (Å²) in [7, 11) is 0. The summed E-state index contributed by atoms with van der Waals surface area (Å²) >= 11 is 0. The summed E-state index contributed by atoms with van der Waals surface area (Å²) in [5.74, 6) is -1.15. The van der Waals surface area contributed by atoms with Crippen molar-refractivity contribution in [3.8, 4) is 0 Å². The van der Waals surface area contributed by atoms with E-state index in [4.69, 9.17) is 0 Å². The first kappa shape index (κ1) is 17.0. The smallest absolute Gasteiger partial charge is 0.314 e. The van der Waals surface area contributed by atoms with Gasteiger partial charge in [0.15, 0.2) is 0 Å². The van der Waals surface area contributed by atoms with E-state index < -0.39 is 17.6 Å². The summed E-state index contributed by atoms with van der Waals surface area (Å²) < 4.78 is 51.3. The first-order valence-electron chi connectivity index (χ1n) is 6.73. The Kier molecular flexibility index (Phi) is 5.57. The molecule has 0 bridgehead atoms. The Labute approximate surface area is 117 Å². The standard InChI is InChI=1S/C15H21F4N/c1-9(2)20-8-10(3)11(4)12-5-6-14(16)13(7-12)15(17,18)19/h5-7,9-11,20H,8H2,1-4H3. The Bertz CT molecular complexity index is 440. The summed E-state index contributed by atoms with van der Waals surface area (Å²) in [4.78, 5) is 0. The molecule has 1 aromatic rings. The molecule has 114 valence electrons. The van der Waals surface area contributed by atoms with Crippen LogP contribution in [-0.4, -0.2) is 12.6 Å². The maximum atomic E-state index is 13.3. The van der Waals surface area contributed by atoms with Gasteiger partial charge < -0.3 is 5.32 Å². The predicted octanol–water partition coefficient (Wildman–Crippen LogP) is 4.58. The maximum Gasteiger partial charge on any atom is 0.419 e. The zero-order chi connectivity index (χ0) is 15.5. The van der Waals surface area contributed by atoms with Crippen LogP contribution in [0.3, 0.4) is 0 Å². The molecule has 0 saturated heterocycles. The van der Waals surface area contributed by atoms with E-state index in [2.05, 4.69) is 5.32 Å². The topological polar surface area (TPSA) is 12.0 Å². The van der Waals surface area contributed by atoms with E-state index in [0.717, 1.165) is 12.1 Å². The predicted molar refractivity (Wildman–Crippen MR) is 72.1 cm³/mol. The van der Waals surface area contributed by atoms with Crippen LogP contribution in [0.25, 0.3) is 0 Å². The molecule has 0 aliphatic carbocycles. The molecule has 0 amide bonds. The first-order valence-corrected chi connectivity index (χ1v) is 6.73. The van der Waals surface area contributed by atoms with Crippen molar-refractivity contribution >= 4 is 0 Å². The third-order valence-electron chi connectivity index (χ3n) is 3.52. The second-order valence-corrected chi connectivity index (χ2v) is 5.57. The van der Waals surface area contributed by atoms with E-state index in [1.165, 1.54) is 6.07 Å². The zero-order valence-electron chi connectivity index (χ0n) is 12.2. The number of rotatable bonds is 5. The van der Waals surface area contributed by atoms with Gasteiger partial charge in [-0.25, -0.2) is 4.39 Å². The third-order valence-corrected chi connectivity index (χ3v) is 3.52. The molecule has 0 heterocycles. The molecule has 0 radical (unpaired) electrons. The molecule has 1 aromatic carbocycles. The number of halogens is 4. The van der Waals surface area contributed by atoms with Crippen molar-refractivity contribution in [1.82, 2.24) is 5.32 Å². The van der Waals surface area contributed by atoms with Crippen LogP contribution in [-0.2, 0) is 6.18 Å². The van der Waals surface area contributed by atoms with Crippen molar-refractivity contribution in [2.45, 2.75) is 45.8 Å². The van der Waals surface area contributed by atoms with Crippen molar-refractivity contribution in [3.63, 3.8) is 0 Å². The van der Waals surface area contributed by atoms with Gasteiger partial charge in [-0.2, -0.15) is 13.2 Å². The highest BCUT2D eigenvalue weighted by Crippen LogP contribution is 2.34. The quantitative estimate of drug-likeness (QED) is 0.783. The highest BCUT2D eigenvalue weighted by molar-refractivity contribution is 5.29. The maximum absolute atomic E-state index is 13.3. The van der Waals surface area contributed by atoms with Crippen LogP contribution in [0.1, 0.15) is 44.7 Å². The minimum Gasteiger partial charge on any atom is -0.314 e. The summed E-state index contributed by atoms with van der Waals surface area (Å²) in [5.41, 5.74) is -0.678. The minimum absolute atomic E-state index is 0.0806. The van der Waals surface area contributed by atoms with Crippen molar-refractivity contribution in [2.24, 2.45) is 5.92 Å². The van der Waals surface area contributed by atoms with E-state index in [0.29, 0.717) is 18.2 Å². The van der Waals surface area contributed by atoms with Crippen LogP contribution in [0.4, 0.5) is 17.6 Å². The van der Waals surface area contributed by atoms with Gasteiger partial charge in [0.25, 0.3) is 0 Å². The zero-order valence-corrected chi connectivity index (χ0v) is 12.2. The molecule has 0 aromatic heterocycles. The lowest BCUT2D eigenvalue weighted by Crippen LogP contribution is -2.30. The molecule has 1 nitrogen and oxygen atoms in total. The van der Waals surface area contributed by atoms with Crippen LogP contribution in [0.2, 0.25) is 0 Å². The molecule has 2 atom stereocenters. The molecular formula is C15H21F4N. The van der Waals surface area contributed by atoms with Crippen LogP contribution in [0.15, 0.2) is 18.2 Å². The first-order chi connectivity index (χ1) is 9.12. The van der Waals surface area contributed by atoms with Crippen LogP contribution >= 0.6 is 0 Å². The molecular weight excluding hydrogens is 270 g/mol. The highest BCUT2D eigenvalue weighted by Gasteiger charge is 2.34. The van der Waals surface area contributed by atoms with E-state index in [-0.39, 0.29) is 11.8 Å². The van der Waals surface area contributed by atoms with Gasteiger partial charge in [-0.3, -0.25) is 0 Å². The van der Waals surface area contributed by atoms with Gasteiger partial charge in [0.2, 0.25) is 0 Å². The number of nitrogens with one attached hydrogen (secondary N) is 1. The second kappa shape index (κ2) is 6.57. The lowest BCUT2D eigenvalue weighted by atomic mass is 9.88. The van der Waals surface area contributed by atoms with Crippen LogP contribution in [0.5, 0.6) is 0 Å². The van der Waals surface area contributed by atoms with Gasteiger partial charge in [0.1, 0.15) is 5.82 Å². The largest absolute Gasteiger partial charge is 0.419 e. The number of benzene rings is 1. The summed E-state index contributed by atoms with van der Waals surface area (Å²) in [6.07, 6.45) is -4.65. The molecule has 5 heteroatoms. The fourth-order valence-corrected chi connectivity index (χ4v) is 1.97. The molecule has 1 N–H and O–H groups in total. The van der Waals surface area contributed by atoms with Gasteiger partial charge in [-0.1, -0.05) is 33.8 Å². The number of alkyl halides is 3. The molecule has 0 fully saturated rings. The van der Waals surface area contributed by atoms with Crippen molar-refractivity contribution in [2.75, 3.05) is 6.54 Å². The van der Waals surface area contributed by atoms with Crippen LogP contribution in [0, 0.1) is 11.7 Å².